The van der Waals surface area contributed by atoms with Crippen LogP contribution in [0, 0.1) is 0 Å². The molecule has 1 aromatic carbocycles. The molecule has 3 nitrogen and oxygen atoms in total. The third kappa shape index (κ3) is 2.45. The lowest BCUT2D eigenvalue weighted by Crippen LogP contribution is -2.20. The Morgan fingerprint density at radius 1 is 1.60 bits per heavy atom. The predicted molar refractivity (Wildman–Crippen MR) is 62.1 cm³/mol. The second kappa shape index (κ2) is 4.88. The fraction of sp³-hybridized carbons (Fsp3) is 0.455. The van der Waals surface area contributed by atoms with Gasteiger partial charge in [-0.25, -0.2) is 0 Å². The summed E-state index contributed by atoms with van der Waals surface area (Å²) < 4.78 is 10.4. The van der Waals surface area contributed by atoms with E-state index in [4.69, 9.17) is 8.92 Å². The highest BCUT2D eigenvalue weighted by Crippen LogP contribution is 2.28. The van der Waals surface area contributed by atoms with Gasteiger partial charge in [-0.05, 0) is 37.5 Å². The number of rotatable bonds is 2. The van der Waals surface area contributed by atoms with Crippen molar-refractivity contribution in [2.24, 2.45) is 0 Å². The highest BCUT2D eigenvalue weighted by atomic mass is 32.1. The van der Waals surface area contributed by atoms with Gasteiger partial charge in [0, 0.05) is 18.2 Å². The molecule has 2 rings (SSSR count). The van der Waals surface area contributed by atoms with Crippen LogP contribution in [0.15, 0.2) is 18.2 Å². The summed E-state index contributed by atoms with van der Waals surface area (Å²) in [4.78, 5) is 0. The van der Waals surface area contributed by atoms with Gasteiger partial charge < -0.3 is 14.2 Å². The van der Waals surface area contributed by atoms with Gasteiger partial charge in [0.2, 0.25) is 0 Å². The Hall–Kier alpha value is -0.710. The molecule has 0 saturated heterocycles. The molecule has 1 N–H and O–H groups in total. The van der Waals surface area contributed by atoms with Gasteiger partial charge in [-0.2, -0.15) is 0 Å². The summed E-state index contributed by atoms with van der Waals surface area (Å²) in [6, 6.07) is 6.44. The Morgan fingerprint density at radius 3 is 3.27 bits per heavy atom. The minimum atomic E-state index is 0.322. The number of fused-ring (bicyclic) bond motifs is 1. The molecule has 0 spiro atoms. The molecule has 82 valence electrons. The maximum absolute atomic E-state index is 5.63. The van der Waals surface area contributed by atoms with Gasteiger partial charge in [0.05, 0.1) is 6.61 Å². The molecule has 1 aliphatic rings. The third-order valence-corrected chi connectivity index (χ3v) is 2.71. The van der Waals surface area contributed by atoms with Gasteiger partial charge in [0.1, 0.15) is 12.4 Å². The van der Waals surface area contributed by atoms with Gasteiger partial charge in [0.15, 0.2) is 0 Å². The molecule has 4 heteroatoms. The van der Waals surface area contributed by atoms with Crippen LogP contribution >= 0.6 is 12.9 Å². The number of benzene rings is 1. The average molecular weight is 225 g/mol. The molecule has 0 fully saturated rings. The van der Waals surface area contributed by atoms with Gasteiger partial charge in [-0.3, -0.25) is 0 Å². The zero-order valence-electron chi connectivity index (χ0n) is 8.69. The lowest BCUT2D eigenvalue weighted by molar-refractivity contribution is 0.324. The summed E-state index contributed by atoms with van der Waals surface area (Å²) in [6.45, 7) is 4.26. The van der Waals surface area contributed by atoms with Crippen LogP contribution in [0.1, 0.15) is 24.1 Å². The number of hydrogen-bond acceptors (Lipinski definition) is 4. The SMILES string of the molecule is C[C@@H]1NCCOc2ccc(COS)cc21. The third-order valence-electron chi connectivity index (χ3n) is 2.58. The highest BCUT2D eigenvalue weighted by molar-refractivity contribution is 7.75. The molecule has 0 saturated carbocycles. The van der Waals surface area contributed by atoms with E-state index in [1.807, 2.05) is 12.1 Å². The lowest BCUT2D eigenvalue weighted by atomic mass is 10.0. The fourth-order valence-corrected chi connectivity index (χ4v) is 1.93. The highest BCUT2D eigenvalue weighted by Gasteiger charge is 2.15. The standard InChI is InChI=1S/C11H15NO2S/c1-8-10-6-9(7-14-15)2-3-11(10)13-5-4-12-8/h2-3,6,8,12,15H,4-5,7H2,1H3/t8-/m0/s1. The molecule has 1 aromatic rings. The average Bonchev–Trinajstić information content (AvgIpc) is 2.42. The molecule has 0 amide bonds. The maximum atomic E-state index is 5.63. The molecular weight excluding hydrogens is 210 g/mol. The van der Waals surface area contributed by atoms with Crippen LogP contribution in [0.3, 0.4) is 0 Å². The Bertz CT molecular complexity index is 343. The Kier molecular flexibility index (Phi) is 3.51. The van der Waals surface area contributed by atoms with Crippen LogP contribution in [-0.4, -0.2) is 13.2 Å². The minimum absolute atomic E-state index is 0.322. The van der Waals surface area contributed by atoms with Crippen LogP contribution in [0.2, 0.25) is 0 Å². The zero-order chi connectivity index (χ0) is 10.7. The second-order valence-corrected chi connectivity index (χ2v) is 3.93. The zero-order valence-corrected chi connectivity index (χ0v) is 9.59. The first-order valence-electron chi connectivity index (χ1n) is 5.06. The van der Waals surface area contributed by atoms with E-state index in [2.05, 4.69) is 31.2 Å². The molecule has 0 bridgehead atoms. The fourth-order valence-electron chi connectivity index (χ4n) is 1.78. The van der Waals surface area contributed by atoms with Crippen molar-refractivity contribution in [3.63, 3.8) is 0 Å². The first-order valence-corrected chi connectivity index (χ1v) is 5.43. The molecule has 0 aliphatic carbocycles. The monoisotopic (exact) mass is 225 g/mol. The van der Waals surface area contributed by atoms with Crippen molar-refractivity contribution >= 4 is 12.9 Å². The van der Waals surface area contributed by atoms with Crippen LogP contribution in [-0.2, 0) is 10.8 Å². The summed E-state index contributed by atoms with van der Waals surface area (Å²) in [5.41, 5.74) is 2.30. The van der Waals surface area contributed by atoms with E-state index >= 15 is 0 Å². The van der Waals surface area contributed by atoms with Crippen molar-refractivity contribution in [2.45, 2.75) is 19.6 Å². The quantitative estimate of drug-likeness (QED) is 0.597. The summed E-state index contributed by atoms with van der Waals surface area (Å²) in [5, 5.41) is 3.39. The number of ether oxygens (including phenoxy) is 1. The molecular formula is C11H15NO2S. The van der Waals surface area contributed by atoms with Gasteiger partial charge >= 0.3 is 0 Å². The van der Waals surface area contributed by atoms with E-state index in [1.165, 1.54) is 5.56 Å². The molecule has 1 atom stereocenters. The molecule has 1 heterocycles. The maximum Gasteiger partial charge on any atom is 0.124 e. The first-order chi connectivity index (χ1) is 7.31. The van der Waals surface area contributed by atoms with Crippen molar-refractivity contribution in [1.82, 2.24) is 5.32 Å². The molecule has 0 radical (unpaired) electrons. The van der Waals surface area contributed by atoms with Gasteiger partial charge in [-0.1, -0.05) is 6.07 Å². The van der Waals surface area contributed by atoms with Crippen LogP contribution in [0.5, 0.6) is 5.75 Å². The van der Waals surface area contributed by atoms with E-state index in [-0.39, 0.29) is 0 Å². The number of hydrogen-bond donors (Lipinski definition) is 2. The number of nitrogens with one attached hydrogen (secondary N) is 1. The van der Waals surface area contributed by atoms with Crippen molar-refractivity contribution in [1.29, 1.82) is 0 Å². The summed E-state index contributed by atoms with van der Waals surface area (Å²) in [5.74, 6) is 0.968. The van der Waals surface area contributed by atoms with Crippen molar-refractivity contribution in [3.05, 3.63) is 29.3 Å². The number of thiol groups is 1. The van der Waals surface area contributed by atoms with Crippen LogP contribution < -0.4 is 10.1 Å². The lowest BCUT2D eigenvalue weighted by Gasteiger charge is -2.13. The Morgan fingerprint density at radius 2 is 2.47 bits per heavy atom. The topological polar surface area (TPSA) is 30.5 Å². The smallest absolute Gasteiger partial charge is 0.124 e. The first kappa shape index (κ1) is 10.8. The normalized spacial score (nSPS) is 20.3. The minimum Gasteiger partial charge on any atom is -0.492 e. The molecule has 0 aromatic heterocycles. The van der Waals surface area contributed by atoms with Crippen molar-refractivity contribution in [2.75, 3.05) is 13.2 Å². The van der Waals surface area contributed by atoms with Crippen molar-refractivity contribution < 1.29 is 8.92 Å². The largest absolute Gasteiger partial charge is 0.492 e. The summed E-state index contributed by atoms with van der Waals surface area (Å²) in [6.07, 6.45) is 0. The van der Waals surface area contributed by atoms with E-state index in [0.717, 1.165) is 24.5 Å². The molecule has 0 unspecified atom stereocenters. The van der Waals surface area contributed by atoms with Gasteiger partial charge in [-0.15, -0.1) is 0 Å². The summed E-state index contributed by atoms with van der Waals surface area (Å²) in [7, 11) is 0. The summed E-state index contributed by atoms with van der Waals surface area (Å²) >= 11 is 3.76. The van der Waals surface area contributed by atoms with Crippen LogP contribution in [0.4, 0.5) is 0 Å². The Labute approximate surface area is 95.4 Å². The van der Waals surface area contributed by atoms with Crippen LogP contribution in [0.25, 0.3) is 0 Å². The van der Waals surface area contributed by atoms with Gasteiger partial charge in [0.25, 0.3) is 0 Å². The second-order valence-electron chi connectivity index (χ2n) is 3.67. The van der Waals surface area contributed by atoms with E-state index < -0.39 is 0 Å². The van der Waals surface area contributed by atoms with E-state index in [9.17, 15) is 0 Å². The Balaban J connectivity index is 2.31. The van der Waals surface area contributed by atoms with E-state index in [1.54, 1.807) is 0 Å². The molecule has 15 heavy (non-hydrogen) atoms. The molecule has 1 aliphatic heterocycles. The predicted octanol–water partition coefficient (Wildman–Crippen LogP) is 2.09. The van der Waals surface area contributed by atoms with E-state index in [0.29, 0.717) is 12.6 Å². The van der Waals surface area contributed by atoms with Crippen molar-refractivity contribution in [3.8, 4) is 5.75 Å².